The van der Waals surface area contributed by atoms with E-state index in [1.54, 1.807) is 0 Å². The fourth-order valence-corrected chi connectivity index (χ4v) is 0.919. The van der Waals surface area contributed by atoms with Gasteiger partial charge in [0, 0.05) is 6.04 Å². The second-order valence-electron chi connectivity index (χ2n) is 2.94. The smallest absolute Gasteiger partial charge is 0.0573 e. The van der Waals surface area contributed by atoms with Gasteiger partial charge in [-0.3, -0.25) is 0 Å². The molecule has 0 amide bonds. The van der Waals surface area contributed by atoms with E-state index < -0.39 is 8.07 Å². The molecule has 0 aliphatic rings. The molecular formula is C7H16Si. The molecule has 0 aliphatic carbocycles. The van der Waals surface area contributed by atoms with E-state index in [0.717, 1.165) is 6.04 Å². The normalized spacial score (nSPS) is 9.25. The Morgan fingerprint density at radius 1 is 1.38 bits per heavy atom. The van der Waals surface area contributed by atoms with Crippen molar-refractivity contribution in [3.8, 4) is 12.3 Å². The zero-order valence-electron chi connectivity index (χ0n) is 5.28. The molecule has 0 nitrogen and oxygen atoms in total. The minimum absolute atomic E-state index is 0. The lowest BCUT2D eigenvalue weighted by Crippen LogP contribution is -2.17. The van der Waals surface area contributed by atoms with Gasteiger partial charge in [-0.1, -0.05) is 27.1 Å². The van der Waals surface area contributed by atoms with Gasteiger partial charge in [-0.2, -0.15) is 0 Å². The summed E-state index contributed by atoms with van der Waals surface area (Å²) in [5.74, 6) is 2.67. The SMILES string of the molecule is C.C#CC[Si](C)(C)C. The van der Waals surface area contributed by atoms with Gasteiger partial charge >= 0.3 is 0 Å². The van der Waals surface area contributed by atoms with Crippen molar-refractivity contribution in [2.45, 2.75) is 33.1 Å². The molecule has 0 heterocycles. The molecule has 0 aromatic carbocycles. The van der Waals surface area contributed by atoms with Gasteiger partial charge in [-0.05, 0) is 0 Å². The lowest BCUT2D eigenvalue weighted by atomic mass is 10.8. The van der Waals surface area contributed by atoms with E-state index in [4.69, 9.17) is 6.42 Å². The molecule has 0 rings (SSSR count). The summed E-state index contributed by atoms with van der Waals surface area (Å²) in [5, 5.41) is 0. The highest BCUT2D eigenvalue weighted by atomic mass is 28.3. The Balaban J connectivity index is 0. The number of hydrogen-bond acceptors (Lipinski definition) is 0. The average Bonchev–Trinajstić information content (AvgIpc) is 1.30. The maximum atomic E-state index is 5.10. The van der Waals surface area contributed by atoms with Crippen LogP contribution in [0.4, 0.5) is 0 Å². The van der Waals surface area contributed by atoms with Gasteiger partial charge in [-0.15, -0.1) is 12.3 Å². The number of rotatable bonds is 1. The van der Waals surface area contributed by atoms with E-state index in [2.05, 4.69) is 25.6 Å². The third kappa shape index (κ3) is 9.24. The molecule has 0 fully saturated rings. The Labute approximate surface area is 54.3 Å². The summed E-state index contributed by atoms with van der Waals surface area (Å²) in [6.07, 6.45) is 5.10. The molecule has 0 bridgehead atoms. The molecule has 0 aromatic rings. The number of terminal acetylenes is 1. The van der Waals surface area contributed by atoms with E-state index in [-0.39, 0.29) is 7.43 Å². The van der Waals surface area contributed by atoms with Crippen molar-refractivity contribution >= 4 is 8.07 Å². The van der Waals surface area contributed by atoms with Crippen molar-refractivity contribution < 1.29 is 0 Å². The summed E-state index contributed by atoms with van der Waals surface area (Å²) in [6.45, 7) is 6.81. The Kier molecular flexibility index (Phi) is 5.00. The highest BCUT2D eigenvalue weighted by Gasteiger charge is 2.08. The standard InChI is InChI=1S/C6H12Si.CH4/c1-5-6-7(2,3)4;/h1H,6H2,2-4H3;1H4. The van der Waals surface area contributed by atoms with Gasteiger partial charge in [0.1, 0.15) is 0 Å². The minimum Gasteiger partial charge on any atom is -0.120 e. The van der Waals surface area contributed by atoms with Crippen LogP contribution in [0.15, 0.2) is 0 Å². The first kappa shape index (κ1) is 10.7. The topological polar surface area (TPSA) is 0 Å². The van der Waals surface area contributed by atoms with E-state index >= 15 is 0 Å². The zero-order chi connectivity index (χ0) is 5.91. The maximum Gasteiger partial charge on any atom is 0.0573 e. The second-order valence-corrected chi connectivity index (χ2v) is 8.42. The first-order valence-corrected chi connectivity index (χ1v) is 6.20. The van der Waals surface area contributed by atoms with Crippen molar-refractivity contribution in [2.75, 3.05) is 0 Å². The predicted molar refractivity (Wildman–Crippen MR) is 43.7 cm³/mol. The third-order valence-corrected chi connectivity index (χ3v) is 1.90. The van der Waals surface area contributed by atoms with Crippen molar-refractivity contribution in [3.63, 3.8) is 0 Å². The fraction of sp³-hybridized carbons (Fsp3) is 0.714. The Morgan fingerprint density at radius 3 is 1.75 bits per heavy atom. The van der Waals surface area contributed by atoms with E-state index in [1.165, 1.54) is 0 Å². The lowest BCUT2D eigenvalue weighted by Gasteiger charge is -2.08. The van der Waals surface area contributed by atoms with Gasteiger partial charge in [0.25, 0.3) is 0 Å². The van der Waals surface area contributed by atoms with Crippen LogP contribution >= 0.6 is 0 Å². The van der Waals surface area contributed by atoms with Crippen LogP contribution in [0.3, 0.4) is 0 Å². The summed E-state index contributed by atoms with van der Waals surface area (Å²) in [6, 6.07) is 1.01. The van der Waals surface area contributed by atoms with Crippen LogP contribution in [0.25, 0.3) is 0 Å². The van der Waals surface area contributed by atoms with Gasteiger partial charge in [-0.25, -0.2) is 0 Å². The van der Waals surface area contributed by atoms with Crippen LogP contribution in [0.2, 0.25) is 25.7 Å². The molecule has 48 valence electrons. The molecule has 0 N–H and O–H groups in total. The average molecular weight is 128 g/mol. The quantitative estimate of drug-likeness (QED) is 0.376. The molecule has 0 saturated carbocycles. The third-order valence-electron chi connectivity index (χ3n) is 0.632. The van der Waals surface area contributed by atoms with Gasteiger partial charge in [0.05, 0.1) is 8.07 Å². The zero-order valence-corrected chi connectivity index (χ0v) is 6.28. The molecule has 0 unspecified atom stereocenters. The van der Waals surface area contributed by atoms with Crippen LogP contribution in [0, 0.1) is 12.3 Å². The maximum absolute atomic E-state index is 5.10. The van der Waals surface area contributed by atoms with Gasteiger partial charge in [0.15, 0.2) is 0 Å². The summed E-state index contributed by atoms with van der Waals surface area (Å²) in [4.78, 5) is 0. The van der Waals surface area contributed by atoms with Crippen LogP contribution in [-0.4, -0.2) is 8.07 Å². The van der Waals surface area contributed by atoms with Crippen LogP contribution in [0.1, 0.15) is 7.43 Å². The predicted octanol–water partition coefficient (Wildman–Crippen LogP) is 2.59. The molecule has 8 heavy (non-hydrogen) atoms. The molecular weight excluding hydrogens is 112 g/mol. The number of hydrogen-bond donors (Lipinski definition) is 0. The highest BCUT2D eigenvalue weighted by Crippen LogP contribution is 2.04. The van der Waals surface area contributed by atoms with E-state index in [9.17, 15) is 0 Å². The van der Waals surface area contributed by atoms with Crippen molar-refractivity contribution in [1.82, 2.24) is 0 Å². The molecule has 0 aliphatic heterocycles. The van der Waals surface area contributed by atoms with Crippen molar-refractivity contribution in [2.24, 2.45) is 0 Å². The summed E-state index contributed by atoms with van der Waals surface area (Å²) >= 11 is 0. The Morgan fingerprint density at radius 2 is 1.75 bits per heavy atom. The lowest BCUT2D eigenvalue weighted by molar-refractivity contribution is 1.57. The molecule has 0 radical (unpaired) electrons. The Bertz CT molecular complexity index is 81.5. The second kappa shape index (κ2) is 3.74. The van der Waals surface area contributed by atoms with Crippen LogP contribution in [-0.2, 0) is 0 Å². The van der Waals surface area contributed by atoms with Crippen molar-refractivity contribution in [1.29, 1.82) is 0 Å². The minimum atomic E-state index is -0.893. The molecule has 0 aromatic heterocycles. The monoisotopic (exact) mass is 128 g/mol. The summed E-state index contributed by atoms with van der Waals surface area (Å²) < 4.78 is 0. The van der Waals surface area contributed by atoms with Gasteiger partial charge < -0.3 is 0 Å². The highest BCUT2D eigenvalue weighted by molar-refractivity contribution is 6.76. The van der Waals surface area contributed by atoms with Crippen LogP contribution < -0.4 is 0 Å². The largest absolute Gasteiger partial charge is 0.120 e. The molecule has 1 heteroatoms. The first-order chi connectivity index (χ1) is 3.06. The molecule has 0 spiro atoms. The first-order valence-electron chi connectivity index (χ1n) is 2.50. The van der Waals surface area contributed by atoms with E-state index in [0.29, 0.717) is 0 Å². The van der Waals surface area contributed by atoms with E-state index in [1.807, 2.05) is 0 Å². The molecule has 0 saturated heterocycles. The Hall–Kier alpha value is -0.223. The van der Waals surface area contributed by atoms with Crippen molar-refractivity contribution in [3.05, 3.63) is 0 Å². The van der Waals surface area contributed by atoms with Crippen LogP contribution in [0.5, 0.6) is 0 Å². The fourth-order valence-electron chi connectivity index (χ4n) is 0.306. The van der Waals surface area contributed by atoms with Gasteiger partial charge in [0.2, 0.25) is 0 Å². The summed E-state index contributed by atoms with van der Waals surface area (Å²) in [7, 11) is -0.893. The summed E-state index contributed by atoms with van der Waals surface area (Å²) in [5.41, 5.74) is 0. The molecule has 0 atom stereocenters.